The second-order valence-electron chi connectivity index (χ2n) is 5.39. The van der Waals surface area contributed by atoms with Crippen molar-refractivity contribution in [3.05, 3.63) is 24.2 Å². The molecule has 1 amide bonds. The van der Waals surface area contributed by atoms with Crippen molar-refractivity contribution in [2.24, 2.45) is 0 Å². The maximum Gasteiger partial charge on any atom is 0.406 e. The van der Waals surface area contributed by atoms with Gasteiger partial charge < -0.3 is 14.4 Å². The first-order valence-corrected chi connectivity index (χ1v) is 7.11. The van der Waals surface area contributed by atoms with Gasteiger partial charge in [0, 0.05) is 6.04 Å². The predicted molar refractivity (Wildman–Crippen MR) is 71.9 cm³/mol. The molecule has 0 aliphatic carbocycles. The highest BCUT2D eigenvalue weighted by molar-refractivity contribution is 5.78. The summed E-state index contributed by atoms with van der Waals surface area (Å²) in [6.45, 7) is -1.14. The second kappa shape index (κ2) is 7.15. The maximum atomic E-state index is 12.7. The molecule has 1 aliphatic heterocycles. The van der Waals surface area contributed by atoms with Gasteiger partial charge in [0.25, 0.3) is 0 Å². The molecule has 0 bridgehead atoms. The van der Waals surface area contributed by atoms with Crippen molar-refractivity contribution in [1.82, 2.24) is 9.80 Å². The maximum absolute atomic E-state index is 12.7. The lowest BCUT2D eigenvalue weighted by molar-refractivity contribution is -0.163. The van der Waals surface area contributed by atoms with Crippen molar-refractivity contribution in [1.29, 1.82) is 0 Å². The molecule has 1 aliphatic rings. The monoisotopic (exact) mass is 320 g/mol. The number of amides is 1. The van der Waals surface area contributed by atoms with E-state index in [0.717, 1.165) is 17.7 Å². The lowest BCUT2D eigenvalue weighted by Gasteiger charge is -2.28. The summed E-state index contributed by atoms with van der Waals surface area (Å²) < 4.78 is 43.0. The Morgan fingerprint density at radius 2 is 2.27 bits per heavy atom. The van der Waals surface area contributed by atoms with Crippen molar-refractivity contribution in [3.8, 4) is 0 Å². The molecule has 22 heavy (non-hydrogen) atoms. The summed E-state index contributed by atoms with van der Waals surface area (Å²) in [7, 11) is 0. The van der Waals surface area contributed by atoms with Crippen molar-refractivity contribution < 1.29 is 27.5 Å². The average Bonchev–Trinajstić information content (AvgIpc) is 3.07. The molecule has 1 saturated heterocycles. The highest BCUT2D eigenvalue weighted by Crippen LogP contribution is 2.20. The fraction of sp³-hybridized carbons (Fsp3) is 0.643. The van der Waals surface area contributed by atoms with Crippen molar-refractivity contribution >= 4 is 5.91 Å². The number of carbonyl (C=O) groups is 1. The number of likely N-dealkylation sites (tertiary alicyclic amines) is 1. The van der Waals surface area contributed by atoms with Crippen LogP contribution in [-0.4, -0.2) is 59.3 Å². The van der Waals surface area contributed by atoms with Crippen LogP contribution in [0, 0.1) is 0 Å². The molecule has 1 fully saturated rings. The van der Waals surface area contributed by atoms with Gasteiger partial charge in [-0.15, -0.1) is 0 Å². The van der Waals surface area contributed by atoms with E-state index < -0.39 is 18.6 Å². The average molecular weight is 320 g/mol. The topological polar surface area (TPSA) is 56.9 Å². The molecular formula is C14H19F3N2O3. The van der Waals surface area contributed by atoms with E-state index in [-0.39, 0.29) is 25.7 Å². The van der Waals surface area contributed by atoms with Gasteiger partial charge in [-0.05, 0) is 31.5 Å². The van der Waals surface area contributed by atoms with Crippen molar-refractivity contribution in [2.45, 2.75) is 31.6 Å². The Labute approximate surface area is 126 Å². The highest BCUT2D eigenvalue weighted by Gasteiger charge is 2.35. The number of hydrogen-bond donors (Lipinski definition) is 1. The van der Waals surface area contributed by atoms with Crippen LogP contribution in [0.25, 0.3) is 0 Å². The molecule has 0 unspecified atom stereocenters. The van der Waals surface area contributed by atoms with E-state index in [9.17, 15) is 23.1 Å². The Kier molecular flexibility index (Phi) is 5.47. The molecule has 2 heterocycles. The zero-order chi connectivity index (χ0) is 16.2. The summed E-state index contributed by atoms with van der Waals surface area (Å²) >= 11 is 0. The minimum Gasteiger partial charge on any atom is -0.467 e. The van der Waals surface area contributed by atoms with Gasteiger partial charge in [-0.2, -0.15) is 13.2 Å². The van der Waals surface area contributed by atoms with Gasteiger partial charge >= 0.3 is 6.18 Å². The summed E-state index contributed by atoms with van der Waals surface area (Å²) in [5.74, 6) is -0.313. The number of alkyl halides is 3. The van der Waals surface area contributed by atoms with E-state index in [1.54, 1.807) is 11.0 Å². The van der Waals surface area contributed by atoms with E-state index in [0.29, 0.717) is 12.3 Å². The van der Waals surface area contributed by atoms with E-state index in [1.807, 2.05) is 0 Å². The van der Waals surface area contributed by atoms with Crippen molar-refractivity contribution in [3.63, 3.8) is 0 Å². The summed E-state index contributed by atoms with van der Waals surface area (Å²) in [5, 5.41) is 9.22. The van der Waals surface area contributed by atoms with Gasteiger partial charge in [0.1, 0.15) is 12.3 Å². The van der Waals surface area contributed by atoms with Crippen LogP contribution in [0.5, 0.6) is 0 Å². The fourth-order valence-electron chi connectivity index (χ4n) is 2.62. The second-order valence-corrected chi connectivity index (χ2v) is 5.39. The standard InChI is InChI=1S/C14H19F3N2O3/c15-14(16,17)10-19(7-12-4-2-6-22-12)13(21)8-18-5-1-3-11(18)9-20/h2,4,6,11,20H,1,3,5,7-10H2/t11-/m1/s1. The first kappa shape index (κ1) is 16.8. The quantitative estimate of drug-likeness (QED) is 0.865. The van der Waals surface area contributed by atoms with Crippen LogP contribution in [0.1, 0.15) is 18.6 Å². The van der Waals surface area contributed by atoms with Crippen LogP contribution in [0.2, 0.25) is 0 Å². The Morgan fingerprint density at radius 3 is 2.86 bits per heavy atom. The lowest BCUT2D eigenvalue weighted by Crippen LogP contribution is -2.45. The Morgan fingerprint density at radius 1 is 1.50 bits per heavy atom. The number of carbonyl (C=O) groups excluding carboxylic acids is 1. The number of hydrogen-bond acceptors (Lipinski definition) is 4. The van der Waals surface area contributed by atoms with E-state index >= 15 is 0 Å². The Hall–Kier alpha value is -1.54. The molecule has 0 radical (unpaired) electrons. The van der Waals surface area contributed by atoms with Gasteiger partial charge in [0.2, 0.25) is 5.91 Å². The number of aliphatic hydroxyl groups excluding tert-OH is 1. The van der Waals surface area contributed by atoms with E-state index in [1.165, 1.54) is 12.3 Å². The minimum absolute atomic E-state index is 0.0925. The first-order chi connectivity index (χ1) is 10.4. The van der Waals surface area contributed by atoms with Crippen LogP contribution in [0.4, 0.5) is 13.2 Å². The van der Waals surface area contributed by atoms with Crippen LogP contribution in [0.3, 0.4) is 0 Å². The summed E-state index contributed by atoms with van der Waals surface area (Å²) in [5.41, 5.74) is 0. The molecule has 1 atom stereocenters. The van der Waals surface area contributed by atoms with Crippen molar-refractivity contribution in [2.75, 3.05) is 26.2 Å². The number of nitrogens with zero attached hydrogens (tertiary/aromatic N) is 2. The Bertz CT molecular complexity index is 476. The van der Waals surface area contributed by atoms with Gasteiger partial charge in [0.15, 0.2) is 0 Å². The van der Waals surface area contributed by atoms with Gasteiger partial charge in [-0.3, -0.25) is 9.69 Å². The van der Waals surface area contributed by atoms with Crippen LogP contribution >= 0.6 is 0 Å². The normalized spacial score (nSPS) is 19.5. The third-order valence-electron chi connectivity index (χ3n) is 3.70. The van der Waals surface area contributed by atoms with E-state index in [4.69, 9.17) is 4.42 Å². The van der Waals surface area contributed by atoms with Crippen LogP contribution < -0.4 is 0 Å². The highest BCUT2D eigenvalue weighted by atomic mass is 19.4. The number of rotatable bonds is 6. The molecule has 2 rings (SSSR count). The minimum atomic E-state index is -4.47. The molecular weight excluding hydrogens is 301 g/mol. The molecule has 0 spiro atoms. The zero-order valence-electron chi connectivity index (χ0n) is 12.1. The molecule has 0 saturated carbocycles. The first-order valence-electron chi connectivity index (χ1n) is 7.11. The van der Waals surface area contributed by atoms with Gasteiger partial charge in [-0.1, -0.05) is 0 Å². The number of furan rings is 1. The molecule has 1 aromatic rings. The third kappa shape index (κ3) is 4.74. The molecule has 124 valence electrons. The zero-order valence-corrected chi connectivity index (χ0v) is 12.1. The van der Waals surface area contributed by atoms with Gasteiger partial charge in [-0.25, -0.2) is 0 Å². The van der Waals surface area contributed by atoms with Crippen LogP contribution in [0.15, 0.2) is 22.8 Å². The summed E-state index contributed by atoms with van der Waals surface area (Å²) in [6.07, 6.45) is -1.53. The SMILES string of the molecule is O=C(CN1CCC[C@@H]1CO)N(Cc1ccco1)CC(F)(F)F. The number of halogens is 3. The third-order valence-corrected chi connectivity index (χ3v) is 3.70. The summed E-state index contributed by atoms with van der Waals surface area (Å²) in [4.78, 5) is 14.7. The van der Waals surface area contributed by atoms with Gasteiger partial charge in [0.05, 0.1) is 26.0 Å². The molecule has 5 nitrogen and oxygen atoms in total. The van der Waals surface area contributed by atoms with E-state index in [2.05, 4.69) is 0 Å². The number of aliphatic hydroxyl groups is 1. The molecule has 1 N–H and O–H groups in total. The molecule has 8 heteroatoms. The van der Waals surface area contributed by atoms with Crippen LogP contribution in [-0.2, 0) is 11.3 Å². The Balaban J connectivity index is 2.01. The summed E-state index contributed by atoms with van der Waals surface area (Å²) in [6, 6.07) is 2.94. The predicted octanol–water partition coefficient (Wildman–Crippen LogP) is 1.63. The largest absolute Gasteiger partial charge is 0.467 e. The lowest BCUT2D eigenvalue weighted by atomic mass is 10.2. The fourth-order valence-corrected chi connectivity index (χ4v) is 2.62. The molecule has 0 aromatic carbocycles. The molecule has 1 aromatic heterocycles. The smallest absolute Gasteiger partial charge is 0.406 e.